The highest BCUT2D eigenvalue weighted by Crippen LogP contribution is 2.51. The van der Waals surface area contributed by atoms with Crippen LogP contribution in [-0.4, -0.2) is 24.2 Å². The average Bonchev–Trinajstić information content (AvgIpc) is 3.32. The molecule has 28 heavy (non-hydrogen) atoms. The zero-order chi connectivity index (χ0) is 19.7. The molecule has 1 unspecified atom stereocenters. The van der Waals surface area contributed by atoms with Crippen LogP contribution in [0.25, 0.3) is 0 Å². The van der Waals surface area contributed by atoms with Gasteiger partial charge in [-0.1, -0.05) is 40.9 Å². The molecule has 2 aliphatic rings. The van der Waals surface area contributed by atoms with Crippen molar-refractivity contribution in [2.75, 3.05) is 18.5 Å². The van der Waals surface area contributed by atoms with Gasteiger partial charge in [0.05, 0.1) is 11.4 Å². The van der Waals surface area contributed by atoms with Crippen molar-refractivity contribution in [1.29, 1.82) is 0 Å². The molecule has 0 saturated heterocycles. The Hall–Kier alpha value is -1.54. The van der Waals surface area contributed by atoms with Crippen molar-refractivity contribution in [1.82, 2.24) is 10.0 Å². The average molecular weight is 462 g/mol. The molecule has 0 aromatic heterocycles. The third-order valence-electron chi connectivity index (χ3n) is 5.85. The summed E-state index contributed by atoms with van der Waals surface area (Å²) >= 11 is 2.39. The van der Waals surface area contributed by atoms with Crippen molar-refractivity contribution in [3.63, 3.8) is 0 Å². The first-order valence-corrected chi connectivity index (χ1v) is 11.5. The normalized spacial score (nSPS) is 18.3. The predicted molar refractivity (Wildman–Crippen MR) is 116 cm³/mol. The first-order valence-electron chi connectivity index (χ1n) is 9.56. The van der Waals surface area contributed by atoms with Gasteiger partial charge in [0, 0.05) is 35.7 Å². The first-order chi connectivity index (χ1) is 13.5. The minimum absolute atomic E-state index is 0.0600. The van der Waals surface area contributed by atoms with Gasteiger partial charge in [0.25, 0.3) is 0 Å². The van der Waals surface area contributed by atoms with Crippen molar-refractivity contribution in [2.45, 2.75) is 42.5 Å². The molecule has 2 aromatic carbocycles. The highest BCUT2D eigenvalue weighted by Gasteiger charge is 2.46. The minimum atomic E-state index is -1.19. The van der Waals surface area contributed by atoms with Crippen LogP contribution in [0.3, 0.4) is 0 Å². The molecule has 5 nitrogen and oxygen atoms in total. The number of carbonyl (C=O) groups is 1. The van der Waals surface area contributed by atoms with Gasteiger partial charge in [-0.3, -0.25) is 4.90 Å². The Balaban J connectivity index is 1.47. The maximum absolute atomic E-state index is 13.0. The van der Waals surface area contributed by atoms with Crippen LogP contribution >= 0.6 is 15.9 Å². The van der Waals surface area contributed by atoms with Crippen LogP contribution in [0.5, 0.6) is 0 Å². The second-order valence-corrected chi connectivity index (χ2v) is 9.84. The summed E-state index contributed by atoms with van der Waals surface area (Å²) in [5.74, 6) is 0. The molecule has 1 aliphatic heterocycles. The van der Waals surface area contributed by atoms with Gasteiger partial charge in [0.1, 0.15) is 0 Å². The fourth-order valence-corrected chi connectivity index (χ4v) is 5.40. The van der Waals surface area contributed by atoms with E-state index in [4.69, 9.17) is 0 Å². The molecule has 0 bridgehead atoms. The largest absolute Gasteiger partial charge is 0.593 e. The fraction of sp³-hybridized carbons (Fsp3) is 0.381. The quantitative estimate of drug-likeness (QED) is 0.669. The minimum Gasteiger partial charge on any atom is -0.593 e. The lowest BCUT2D eigenvalue weighted by molar-refractivity contribution is 0.245. The van der Waals surface area contributed by atoms with Gasteiger partial charge in [-0.2, -0.15) is 0 Å². The van der Waals surface area contributed by atoms with E-state index >= 15 is 0 Å². The zero-order valence-corrected chi connectivity index (χ0v) is 18.2. The van der Waals surface area contributed by atoms with E-state index in [0.717, 1.165) is 40.0 Å². The standard InChI is InChI=1S/C21H24BrN3O2S/c1-23-28(27)17-7-4-15(5-8-17)13-24-20(26)25-14-21(10-2-3-11-21)18-12-16(22)6-9-19(18)25/h4-9,12,23H,2-3,10-11,13-14H2,1H3,(H,24,26). The number of benzene rings is 2. The van der Waals surface area contributed by atoms with E-state index in [9.17, 15) is 9.35 Å². The van der Waals surface area contributed by atoms with Gasteiger partial charge >= 0.3 is 6.03 Å². The van der Waals surface area contributed by atoms with Crippen molar-refractivity contribution in [3.05, 3.63) is 58.1 Å². The van der Waals surface area contributed by atoms with Gasteiger partial charge in [0.2, 0.25) is 0 Å². The molecule has 0 radical (unpaired) electrons. The van der Waals surface area contributed by atoms with Gasteiger partial charge in [-0.25, -0.2) is 4.79 Å². The Labute approximate surface area is 177 Å². The first kappa shape index (κ1) is 19.8. The summed E-state index contributed by atoms with van der Waals surface area (Å²) < 4.78 is 15.5. The molecular formula is C21H24BrN3O2S. The van der Waals surface area contributed by atoms with E-state index in [2.05, 4.69) is 32.0 Å². The number of rotatable bonds is 4. The van der Waals surface area contributed by atoms with Crippen molar-refractivity contribution < 1.29 is 9.35 Å². The van der Waals surface area contributed by atoms with Gasteiger partial charge in [-0.15, -0.1) is 4.72 Å². The third kappa shape index (κ3) is 3.68. The summed E-state index contributed by atoms with van der Waals surface area (Å²) in [5.41, 5.74) is 3.42. The Morgan fingerprint density at radius 3 is 2.61 bits per heavy atom. The molecule has 4 rings (SSSR count). The second-order valence-electron chi connectivity index (χ2n) is 7.51. The van der Waals surface area contributed by atoms with E-state index in [1.807, 2.05) is 41.3 Å². The summed E-state index contributed by atoms with van der Waals surface area (Å²) in [4.78, 5) is 15.6. The van der Waals surface area contributed by atoms with Crippen LogP contribution in [0.15, 0.2) is 51.8 Å². The third-order valence-corrected chi connectivity index (χ3v) is 7.42. The van der Waals surface area contributed by atoms with E-state index in [0.29, 0.717) is 6.54 Å². The molecule has 1 saturated carbocycles. The smallest absolute Gasteiger partial charge is 0.322 e. The maximum atomic E-state index is 13.0. The number of hydrogen-bond acceptors (Lipinski definition) is 3. The van der Waals surface area contributed by atoms with E-state index in [1.54, 1.807) is 7.05 Å². The number of halogens is 1. The van der Waals surface area contributed by atoms with Crippen molar-refractivity contribution >= 4 is 39.0 Å². The molecular weight excluding hydrogens is 438 g/mol. The predicted octanol–water partition coefficient (Wildman–Crippen LogP) is 4.23. The Morgan fingerprint density at radius 2 is 1.93 bits per heavy atom. The second kappa shape index (κ2) is 8.06. The van der Waals surface area contributed by atoms with Gasteiger partial charge in [-0.05, 0) is 54.3 Å². The van der Waals surface area contributed by atoms with Crippen LogP contribution in [0.4, 0.5) is 10.5 Å². The number of nitrogens with zero attached hydrogens (tertiary/aromatic N) is 1. The highest BCUT2D eigenvalue weighted by molar-refractivity contribution is 9.10. The molecule has 1 heterocycles. The highest BCUT2D eigenvalue weighted by atomic mass is 79.9. The lowest BCUT2D eigenvalue weighted by Gasteiger charge is -2.25. The van der Waals surface area contributed by atoms with Gasteiger partial charge < -0.3 is 9.87 Å². The van der Waals surface area contributed by atoms with Gasteiger partial charge in [0.15, 0.2) is 4.90 Å². The number of amides is 2. The molecule has 1 fully saturated rings. The number of nitrogens with one attached hydrogen (secondary N) is 2. The molecule has 2 amide bonds. The van der Waals surface area contributed by atoms with Crippen LogP contribution in [0.2, 0.25) is 0 Å². The van der Waals surface area contributed by atoms with Crippen LogP contribution in [0, 0.1) is 0 Å². The number of carbonyl (C=O) groups excluding carboxylic acids is 1. The van der Waals surface area contributed by atoms with Crippen LogP contribution in [0.1, 0.15) is 36.8 Å². The Morgan fingerprint density at radius 1 is 1.21 bits per heavy atom. The summed E-state index contributed by atoms with van der Waals surface area (Å²) in [5, 5.41) is 3.05. The molecule has 1 spiro atoms. The van der Waals surface area contributed by atoms with Crippen LogP contribution < -0.4 is 14.9 Å². The monoisotopic (exact) mass is 461 g/mol. The number of hydrogen-bond donors (Lipinski definition) is 2. The molecule has 1 aliphatic carbocycles. The summed E-state index contributed by atoms with van der Waals surface area (Å²) in [6.07, 6.45) is 4.73. The Kier molecular flexibility index (Phi) is 5.69. The van der Waals surface area contributed by atoms with Crippen molar-refractivity contribution in [2.24, 2.45) is 0 Å². The topological polar surface area (TPSA) is 67.4 Å². The SMILES string of the molecule is CN[S+]([O-])c1ccc(CNC(=O)N2CC3(CCCC3)c3cc(Br)ccc32)cc1. The molecule has 1 atom stereocenters. The summed E-state index contributed by atoms with van der Waals surface area (Å²) in [7, 11) is 1.66. The molecule has 2 N–H and O–H groups in total. The van der Waals surface area contributed by atoms with Crippen molar-refractivity contribution in [3.8, 4) is 0 Å². The molecule has 148 valence electrons. The summed E-state index contributed by atoms with van der Waals surface area (Å²) in [6, 6.07) is 13.6. The lowest BCUT2D eigenvalue weighted by Crippen LogP contribution is -2.41. The van der Waals surface area contributed by atoms with E-state index in [-0.39, 0.29) is 11.4 Å². The molecule has 7 heteroatoms. The number of urea groups is 1. The lowest BCUT2D eigenvalue weighted by atomic mass is 9.81. The number of anilines is 1. The maximum Gasteiger partial charge on any atom is 0.322 e. The van der Waals surface area contributed by atoms with Crippen LogP contribution in [-0.2, 0) is 23.3 Å². The number of fused-ring (bicyclic) bond motifs is 2. The zero-order valence-electron chi connectivity index (χ0n) is 15.8. The fourth-order valence-electron chi connectivity index (χ4n) is 4.42. The van der Waals surface area contributed by atoms with E-state index in [1.165, 1.54) is 18.4 Å². The summed E-state index contributed by atoms with van der Waals surface area (Å²) in [6.45, 7) is 1.20. The molecule has 2 aromatic rings. The van der Waals surface area contributed by atoms with E-state index < -0.39 is 11.4 Å². The Bertz CT molecular complexity index is 868.